The summed E-state index contributed by atoms with van der Waals surface area (Å²) in [7, 11) is -3.38. The Morgan fingerprint density at radius 2 is 1.80 bits per heavy atom. The van der Waals surface area contributed by atoms with Crippen molar-refractivity contribution in [3.63, 3.8) is 0 Å². The second-order valence-electron chi connectivity index (χ2n) is 5.83. The lowest BCUT2D eigenvalue weighted by Gasteiger charge is -2.36. The summed E-state index contributed by atoms with van der Waals surface area (Å²) in [5, 5.41) is 3.32. The average Bonchev–Trinajstić information content (AvgIpc) is 2.34. The molecule has 5 nitrogen and oxygen atoms in total. The van der Waals surface area contributed by atoms with E-state index in [9.17, 15) is 13.2 Å². The van der Waals surface area contributed by atoms with Gasteiger partial charge in [-0.1, -0.05) is 6.92 Å². The molecule has 0 radical (unpaired) electrons. The van der Waals surface area contributed by atoms with Gasteiger partial charge in [-0.25, -0.2) is 8.42 Å². The summed E-state index contributed by atoms with van der Waals surface area (Å²) in [5.74, 6) is 0.322. The maximum absolute atomic E-state index is 12.3. The van der Waals surface area contributed by atoms with E-state index in [0.717, 1.165) is 32.2 Å². The number of likely N-dealkylation sites (tertiary alicyclic amines) is 1. The molecule has 7 heteroatoms. The average molecular weight is 327 g/mol. The topological polar surface area (TPSA) is 66.5 Å². The highest BCUT2D eigenvalue weighted by atomic mass is 35.5. The molecule has 20 heavy (non-hydrogen) atoms. The van der Waals surface area contributed by atoms with Gasteiger partial charge in [0.1, 0.15) is 4.75 Å². The molecule has 1 aliphatic rings. The van der Waals surface area contributed by atoms with E-state index in [1.54, 1.807) is 4.90 Å². The summed E-state index contributed by atoms with van der Waals surface area (Å²) < 4.78 is 22.1. The molecule has 1 fully saturated rings. The SMILES string of the molecule is CCNCC1CCN(C(=O)C(C)(C)S(C)(=O)=O)CC1.Cl. The van der Waals surface area contributed by atoms with Crippen molar-refractivity contribution in [2.45, 2.75) is 38.4 Å². The highest BCUT2D eigenvalue weighted by Gasteiger charge is 2.41. The summed E-state index contributed by atoms with van der Waals surface area (Å²) in [4.78, 5) is 14.0. The van der Waals surface area contributed by atoms with E-state index in [1.165, 1.54) is 13.8 Å². The molecule has 0 aromatic carbocycles. The van der Waals surface area contributed by atoms with Gasteiger partial charge in [0.25, 0.3) is 0 Å². The molecule has 0 aromatic heterocycles. The minimum atomic E-state index is -3.38. The highest BCUT2D eigenvalue weighted by Crippen LogP contribution is 2.23. The lowest BCUT2D eigenvalue weighted by atomic mass is 9.96. The Bertz CT molecular complexity index is 415. The quantitative estimate of drug-likeness (QED) is 0.821. The number of halogens is 1. The monoisotopic (exact) mass is 326 g/mol. The summed E-state index contributed by atoms with van der Waals surface area (Å²) in [6, 6.07) is 0. The first kappa shape index (κ1) is 19.7. The lowest BCUT2D eigenvalue weighted by molar-refractivity contribution is -0.134. The molecule has 0 saturated carbocycles. The van der Waals surface area contributed by atoms with Crippen LogP contribution in [0.25, 0.3) is 0 Å². The number of carbonyl (C=O) groups is 1. The predicted octanol–water partition coefficient (Wildman–Crippen LogP) is 1.08. The minimum Gasteiger partial charge on any atom is -0.341 e. The predicted molar refractivity (Wildman–Crippen MR) is 84.0 cm³/mol. The number of piperidine rings is 1. The maximum Gasteiger partial charge on any atom is 0.243 e. The Kier molecular flexibility index (Phi) is 7.49. The van der Waals surface area contributed by atoms with Crippen molar-refractivity contribution in [1.82, 2.24) is 10.2 Å². The fourth-order valence-electron chi connectivity index (χ4n) is 2.23. The summed E-state index contributed by atoms with van der Waals surface area (Å²) in [5.41, 5.74) is 0. The van der Waals surface area contributed by atoms with Gasteiger partial charge in [-0.05, 0) is 45.7 Å². The molecule has 0 aliphatic carbocycles. The molecule has 0 bridgehead atoms. The smallest absolute Gasteiger partial charge is 0.243 e. The van der Waals surface area contributed by atoms with Crippen molar-refractivity contribution in [2.75, 3.05) is 32.4 Å². The lowest BCUT2D eigenvalue weighted by Crippen LogP contribution is -2.52. The van der Waals surface area contributed by atoms with Crippen LogP contribution in [0.5, 0.6) is 0 Å². The van der Waals surface area contributed by atoms with Crippen molar-refractivity contribution in [1.29, 1.82) is 0 Å². The molecule has 1 heterocycles. The van der Waals surface area contributed by atoms with Crippen molar-refractivity contribution in [2.24, 2.45) is 5.92 Å². The van der Waals surface area contributed by atoms with Gasteiger partial charge < -0.3 is 10.2 Å². The molecular weight excluding hydrogens is 300 g/mol. The van der Waals surface area contributed by atoms with Gasteiger partial charge in [0.05, 0.1) is 0 Å². The summed E-state index contributed by atoms with van der Waals surface area (Å²) in [6.45, 7) is 8.33. The second kappa shape index (κ2) is 7.61. The zero-order valence-electron chi connectivity index (χ0n) is 12.8. The summed E-state index contributed by atoms with van der Waals surface area (Å²) >= 11 is 0. The third-order valence-corrected chi connectivity index (χ3v) is 6.06. The van der Waals surface area contributed by atoms with Crippen LogP contribution in [0.4, 0.5) is 0 Å². The highest BCUT2D eigenvalue weighted by molar-refractivity contribution is 7.92. The van der Waals surface area contributed by atoms with E-state index in [4.69, 9.17) is 0 Å². The fraction of sp³-hybridized carbons (Fsp3) is 0.923. The van der Waals surface area contributed by atoms with Gasteiger partial charge in [-0.15, -0.1) is 12.4 Å². The Labute approximate surface area is 128 Å². The van der Waals surface area contributed by atoms with Crippen LogP contribution in [0.15, 0.2) is 0 Å². The molecule has 120 valence electrons. The summed E-state index contributed by atoms with van der Waals surface area (Å²) in [6.07, 6.45) is 3.01. The Hall–Kier alpha value is -0.330. The van der Waals surface area contributed by atoms with E-state index in [0.29, 0.717) is 19.0 Å². The third kappa shape index (κ3) is 4.60. The molecule has 0 spiro atoms. The number of carbonyl (C=O) groups excluding carboxylic acids is 1. The first-order chi connectivity index (χ1) is 8.70. The molecule has 1 rings (SSSR count). The Morgan fingerprint density at radius 3 is 2.20 bits per heavy atom. The van der Waals surface area contributed by atoms with Crippen LogP contribution in [-0.4, -0.2) is 56.4 Å². The number of nitrogens with one attached hydrogen (secondary N) is 1. The normalized spacial score (nSPS) is 17.7. The van der Waals surface area contributed by atoms with Crippen molar-refractivity contribution >= 4 is 28.2 Å². The first-order valence-electron chi connectivity index (χ1n) is 6.89. The standard InChI is InChI=1S/C13H26N2O3S.ClH/c1-5-14-10-11-6-8-15(9-7-11)12(16)13(2,3)19(4,17)18;/h11,14H,5-10H2,1-4H3;1H. The number of rotatable bonds is 5. The van der Waals surface area contributed by atoms with Gasteiger partial charge in [0, 0.05) is 19.3 Å². The van der Waals surface area contributed by atoms with Crippen LogP contribution in [0, 0.1) is 5.92 Å². The molecule has 1 amide bonds. The number of amides is 1. The number of hydrogen-bond acceptors (Lipinski definition) is 4. The van der Waals surface area contributed by atoms with Crippen molar-refractivity contribution in [3.05, 3.63) is 0 Å². The zero-order chi connectivity index (χ0) is 14.7. The Balaban J connectivity index is 0.00000361. The molecule has 1 N–H and O–H groups in total. The van der Waals surface area contributed by atoms with E-state index in [2.05, 4.69) is 12.2 Å². The van der Waals surface area contributed by atoms with Gasteiger partial charge >= 0.3 is 0 Å². The van der Waals surface area contributed by atoms with Crippen molar-refractivity contribution in [3.8, 4) is 0 Å². The fourth-order valence-corrected chi connectivity index (χ4v) is 2.67. The van der Waals surface area contributed by atoms with E-state index >= 15 is 0 Å². The van der Waals surface area contributed by atoms with Crippen molar-refractivity contribution < 1.29 is 13.2 Å². The third-order valence-electron chi connectivity index (χ3n) is 4.03. The van der Waals surface area contributed by atoms with Crippen LogP contribution in [0.2, 0.25) is 0 Å². The van der Waals surface area contributed by atoms with Gasteiger partial charge in [0.15, 0.2) is 9.84 Å². The second-order valence-corrected chi connectivity index (χ2v) is 8.39. The first-order valence-corrected chi connectivity index (χ1v) is 8.79. The van der Waals surface area contributed by atoms with Crippen LogP contribution >= 0.6 is 12.4 Å². The molecule has 1 aliphatic heterocycles. The minimum absolute atomic E-state index is 0. The molecular formula is C13H27ClN2O3S. The zero-order valence-corrected chi connectivity index (χ0v) is 14.4. The van der Waals surface area contributed by atoms with Crippen LogP contribution in [0.1, 0.15) is 33.6 Å². The van der Waals surface area contributed by atoms with E-state index in [-0.39, 0.29) is 18.3 Å². The maximum atomic E-state index is 12.3. The molecule has 0 unspecified atom stereocenters. The van der Waals surface area contributed by atoms with E-state index in [1.807, 2.05) is 0 Å². The number of hydrogen-bond donors (Lipinski definition) is 1. The van der Waals surface area contributed by atoms with Gasteiger partial charge in [-0.3, -0.25) is 4.79 Å². The molecule has 0 atom stereocenters. The van der Waals surface area contributed by atoms with Gasteiger partial charge in [0.2, 0.25) is 5.91 Å². The van der Waals surface area contributed by atoms with E-state index < -0.39 is 14.6 Å². The Morgan fingerprint density at radius 1 is 1.30 bits per heavy atom. The van der Waals surface area contributed by atoms with Crippen LogP contribution in [0.3, 0.4) is 0 Å². The molecule has 1 saturated heterocycles. The van der Waals surface area contributed by atoms with Crippen LogP contribution in [-0.2, 0) is 14.6 Å². The molecule has 0 aromatic rings. The van der Waals surface area contributed by atoms with Crippen LogP contribution < -0.4 is 5.32 Å². The largest absolute Gasteiger partial charge is 0.341 e. The number of nitrogens with zero attached hydrogens (tertiary/aromatic N) is 1. The number of sulfone groups is 1. The van der Waals surface area contributed by atoms with Gasteiger partial charge in [-0.2, -0.15) is 0 Å².